The molecule has 36 heavy (non-hydrogen) atoms. The van der Waals surface area contributed by atoms with Gasteiger partial charge in [0, 0.05) is 0 Å². The summed E-state index contributed by atoms with van der Waals surface area (Å²) in [5.74, 6) is 1.61. The zero-order valence-corrected chi connectivity index (χ0v) is 24.3. The van der Waals surface area contributed by atoms with Crippen LogP contribution in [0.5, 0.6) is 11.5 Å². The molecule has 2 radical (unpaired) electrons. The van der Waals surface area contributed by atoms with Gasteiger partial charge in [0.15, 0.2) is 0 Å². The number of para-hydroxylation sites is 2. The van der Waals surface area contributed by atoms with E-state index in [1.165, 1.54) is 17.4 Å². The van der Waals surface area contributed by atoms with Crippen LogP contribution in [0.1, 0.15) is 0 Å². The first kappa shape index (κ1) is 24.5. The maximum absolute atomic E-state index is 7.10. The zero-order valence-electron chi connectivity index (χ0n) is 20.6. The van der Waals surface area contributed by atoms with Crippen LogP contribution in [-0.4, -0.2) is 27.8 Å². The number of rotatable bonds is 8. The van der Waals surface area contributed by atoms with Crippen molar-refractivity contribution >= 4 is 45.2 Å². The third-order valence-electron chi connectivity index (χ3n) is 6.41. The Morgan fingerprint density at radius 1 is 0.333 bits per heavy atom. The Balaban J connectivity index is 1.59. The molecule has 0 aliphatic carbocycles. The molecular weight excluding hydrogens is 566 g/mol. The Morgan fingerprint density at radius 2 is 0.556 bits per heavy atom. The minimum atomic E-state index is -3.01. The molecule has 0 bridgehead atoms. The van der Waals surface area contributed by atoms with Crippen LogP contribution < -0.4 is 24.9 Å². The molecule has 0 saturated carbocycles. The molecule has 0 aliphatic rings. The molecule has 0 amide bonds. The Bertz CT molecular complexity index is 1200. The summed E-state index contributed by atoms with van der Waals surface area (Å²) in [5, 5.41) is 0. The molecule has 5 aromatic rings. The van der Waals surface area contributed by atoms with Crippen molar-refractivity contribution in [3.63, 3.8) is 0 Å². The van der Waals surface area contributed by atoms with E-state index in [2.05, 4.69) is 145 Å². The van der Waals surface area contributed by atoms with Crippen LogP contribution in [0.25, 0.3) is 0 Å². The van der Waals surface area contributed by atoms with Crippen LogP contribution in [0, 0.1) is 0 Å². The number of hydrogen-bond acceptors (Lipinski definition) is 2. The van der Waals surface area contributed by atoms with Crippen LogP contribution in [0.3, 0.4) is 0 Å². The molecule has 180 valence electrons. The van der Waals surface area contributed by atoms with Crippen LogP contribution in [-0.2, 0) is 0 Å². The summed E-state index contributed by atoms with van der Waals surface area (Å²) >= 11 is -6.03. The Kier molecular flexibility index (Phi) is 7.37. The van der Waals surface area contributed by atoms with Gasteiger partial charge in [0.25, 0.3) is 0 Å². The summed E-state index contributed by atoms with van der Waals surface area (Å²) in [4.78, 5) is 0. The molecule has 0 atom stereocenters. The first-order valence-corrected chi connectivity index (χ1v) is 21.1. The molecule has 4 heteroatoms. The molecule has 0 unspecified atom stereocenters. The van der Waals surface area contributed by atoms with Gasteiger partial charge in [-0.2, -0.15) is 0 Å². The fourth-order valence-corrected chi connectivity index (χ4v) is 15.0. The van der Waals surface area contributed by atoms with E-state index in [0.29, 0.717) is 0 Å². The zero-order chi connectivity index (χ0) is 24.8. The fraction of sp³-hybridized carbons (Fsp3) is 0.0625. The van der Waals surface area contributed by atoms with E-state index in [0.717, 1.165) is 11.5 Å². The van der Waals surface area contributed by atoms with Gasteiger partial charge in [0.05, 0.1) is 0 Å². The molecule has 5 aromatic carbocycles. The number of benzene rings is 5. The van der Waals surface area contributed by atoms with Gasteiger partial charge in [-0.15, -0.1) is 0 Å². The molecule has 0 spiro atoms. The predicted molar refractivity (Wildman–Crippen MR) is 155 cm³/mol. The first-order chi connectivity index (χ1) is 17.6. The van der Waals surface area contributed by atoms with Crippen molar-refractivity contribution in [2.45, 2.75) is 11.4 Å². The third kappa shape index (κ3) is 5.03. The molecule has 0 N–H and O–H groups in total. The van der Waals surface area contributed by atoms with Gasteiger partial charge in [-0.3, -0.25) is 0 Å². The van der Waals surface area contributed by atoms with E-state index in [-0.39, 0.29) is 0 Å². The van der Waals surface area contributed by atoms with Gasteiger partial charge in [-0.25, -0.2) is 0 Å². The van der Waals surface area contributed by atoms with Crippen LogP contribution >= 0.6 is 0 Å². The summed E-state index contributed by atoms with van der Waals surface area (Å²) in [7, 11) is 0. The third-order valence-corrected chi connectivity index (χ3v) is 19.5. The average molecular weight is 596 g/mol. The van der Waals surface area contributed by atoms with E-state index >= 15 is 0 Å². The second kappa shape index (κ2) is 10.8. The van der Waals surface area contributed by atoms with Crippen molar-refractivity contribution in [3.05, 3.63) is 146 Å². The van der Waals surface area contributed by atoms with Crippen molar-refractivity contribution in [1.82, 2.24) is 0 Å². The van der Waals surface area contributed by atoms with Crippen LogP contribution in [0.2, 0.25) is 11.4 Å². The average Bonchev–Trinajstić information content (AvgIpc) is 2.96. The van der Waals surface area contributed by atoms with Crippen molar-refractivity contribution in [2.24, 2.45) is 0 Å². The second-order valence-electron chi connectivity index (χ2n) is 8.82. The SMILES string of the molecule is C[As](Oc1ccccc1O[As](C)(c1ccccc1)c1ccccc1)(c1ccccc1)c1ccccc1. The van der Waals surface area contributed by atoms with Gasteiger partial charge in [-0.1, -0.05) is 0 Å². The van der Waals surface area contributed by atoms with Crippen LogP contribution in [0.4, 0.5) is 0 Å². The summed E-state index contributed by atoms with van der Waals surface area (Å²) < 4.78 is 19.2. The molecule has 0 saturated heterocycles. The molecule has 2 nitrogen and oxygen atoms in total. The monoisotopic (exact) mass is 596 g/mol. The number of hydrogen-bond donors (Lipinski definition) is 0. The van der Waals surface area contributed by atoms with E-state index in [1.54, 1.807) is 0 Å². The van der Waals surface area contributed by atoms with Gasteiger partial charge in [0.1, 0.15) is 0 Å². The quantitative estimate of drug-likeness (QED) is 0.229. The van der Waals surface area contributed by atoms with Crippen LogP contribution in [0.15, 0.2) is 146 Å². The molecule has 0 fully saturated rings. The van der Waals surface area contributed by atoms with E-state index < -0.39 is 27.8 Å². The van der Waals surface area contributed by atoms with Crippen molar-refractivity contribution in [3.8, 4) is 11.5 Å². The van der Waals surface area contributed by atoms with Crippen molar-refractivity contribution < 1.29 is 7.45 Å². The van der Waals surface area contributed by atoms with Crippen molar-refractivity contribution in [2.75, 3.05) is 0 Å². The van der Waals surface area contributed by atoms with E-state index in [1.807, 2.05) is 12.1 Å². The summed E-state index contributed by atoms with van der Waals surface area (Å²) in [6, 6.07) is 50.7. The summed E-state index contributed by atoms with van der Waals surface area (Å²) in [6.45, 7) is 0. The van der Waals surface area contributed by atoms with E-state index in [9.17, 15) is 0 Å². The summed E-state index contributed by atoms with van der Waals surface area (Å²) in [5.41, 5.74) is 4.60. The Morgan fingerprint density at radius 3 is 0.806 bits per heavy atom. The van der Waals surface area contributed by atoms with Crippen molar-refractivity contribution in [1.29, 1.82) is 0 Å². The standard InChI is InChI=1S/C32H30As2O2/c1-33(27-17-7-3-8-18-27,28-19-9-4-10-20-28)35-31-25-15-16-26-32(31)36-34(2,29-21-11-5-12-22-29)30-23-13-6-14-24-30/h3-26H,1-2H3. The topological polar surface area (TPSA) is 18.5 Å². The first-order valence-electron chi connectivity index (χ1n) is 12.0. The molecular formula is C32H30As2O2. The normalized spacial score (nSPS) is 11.6. The summed E-state index contributed by atoms with van der Waals surface area (Å²) in [6.07, 6.45) is 0. The molecule has 0 aliphatic heterocycles. The predicted octanol–water partition coefficient (Wildman–Crippen LogP) is 5.22. The maximum atomic E-state index is 7.10. The van der Waals surface area contributed by atoms with Gasteiger partial charge in [-0.05, 0) is 0 Å². The molecule has 5 rings (SSSR count). The van der Waals surface area contributed by atoms with Gasteiger partial charge >= 0.3 is 221 Å². The van der Waals surface area contributed by atoms with E-state index in [4.69, 9.17) is 7.45 Å². The molecule has 0 heterocycles. The molecule has 0 aromatic heterocycles. The Labute approximate surface area is 220 Å². The minimum absolute atomic E-state index is 0.805. The van der Waals surface area contributed by atoms with Gasteiger partial charge < -0.3 is 0 Å². The second-order valence-corrected chi connectivity index (χ2v) is 21.7. The fourth-order valence-electron chi connectivity index (χ4n) is 4.35. The Hall–Kier alpha value is -3.18. The van der Waals surface area contributed by atoms with Gasteiger partial charge in [0.2, 0.25) is 0 Å².